The lowest BCUT2D eigenvalue weighted by atomic mass is 10.1. The van der Waals surface area contributed by atoms with E-state index < -0.39 is 0 Å². The van der Waals surface area contributed by atoms with Gasteiger partial charge in [-0.3, -0.25) is 9.69 Å². The normalized spacial score (nSPS) is 18.6. The average molecular weight is 376 g/mol. The van der Waals surface area contributed by atoms with Crippen molar-refractivity contribution in [2.24, 2.45) is 0 Å². The van der Waals surface area contributed by atoms with Crippen molar-refractivity contribution in [2.75, 3.05) is 36.8 Å². The van der Waals surface area contributed by atoms with Crippen LogP contribution in [-0.2, 0) is 11.2 Å². The van der Waals surface area contributed by atoms with Gasteiger partial charge in [0.05, 0.1) is 12.5 Å². The smallest absolute Gasteiger partial charge is 0.320 e. The first-order chi connectivity index (χ1) is 13.1. The molecule has 2 N–H and O–H groups in total. The summed E-state index contributed by atoms with van der Waals surface area (Å²) in [5.74, 6) is 1.06. The standard InChI is InChI=1S/C20H33N5O2/c1-3-9-15(2)27-20-22-18(21)16-14-17(26)25(19(16)23-20)13-8-7-12-24-10-5-4-6-11-24/h15H,3-14H2,1-2H3,(H2,21,22,23)/t15-/m0/s1. The van der Waals surface area contributed by atoms with Crippen molar-refractivity contribution >= 4 is 17.5 Å². The first-order valence-corrected chi connectivity index (χ1v) is 10.4. The third-order valence-electron chi connectivity index (χ3n) is 5.44. The van der Waals surface area contributed by atoms with Gasteiger partial charge in [0, 0.05) is 12.1 Å². The Hall–Kier alpha value is -1.89. The molecule has 27 heavy (non-hydrogen) atoms. The molecule has 1 atom stereocenters. The van der Waals surface area contributed by atoms with Crippen molar-refractivity contribution in [1.82, 2.24) is 14.9 Å². The van der Waals surface area contributed by atoms with E-state index in [0.29, 0.717) is 18.2 Å². The summed E-state index contributed by atoms with van der Waals surface area (Å²) in [6.07, 6.45) is 8.33. The van der Waals surface area contributed by atoms with E-state index in [1.807, 2.05) is 6.92 Å². The Morgan fingerprint density at radius 2 is 1.89 bits per heavy atom. The molecule has 1 aromatic heterocycles. The zero-order valence-electron chi connectivity index (χ0n) is 16.7. The summed E-state index contributed by atoms with van der Waals surface area (Å²) in [5, 5.41) is 0. The van der Waals surface area contributed by atoms with Crippen molar-refractivity contribution in [3.8, 4) is 6.01 Å². The number of hydrogen-bond acceptors (Lipinski definition) is 6. The van der Waals surface area contributed by atoms with Crippen LogP contribution in [0, 0.1) is 0 Å². The van der Waals surface area contributed by atoms with Crippen LogP contribution in [0.25, 0.3) is 0 Å². The number of likely N-dealkylation sites (tertiary alicyclic amines) is 1. The monoisotopic (exact) mass is 375 g/mol. The second-order valence-corrected chi connectivity index (χ2v) is 7.74. The number of carbonyl (C=O) groups excluding carboxylic acids is 1. The highest BCUT2D eigenvalue weighted by Crippen LogP contribution is 2.32. The van der Waals surface area contributed by atoms with Crippen LogP contribution >= 0.6 is 0 Å². The molecule has 7 nitrogen and oxygen atoms in total. The molecule has 2 aliphatic rings. The van der Waals surface area contributed by atoms with Crippen molar-refractivity contribution in [2.45, 2.75) is 71.3 Å². The molecular formula is C20H33N5O2. The maximum Gasteiger partial charge on any atom is 0.320 e. The lowest BCUT2D eigenvalue weighted by Crippen LogP contribution is -2.32. The average Bonchev–Trinajstić information content (AvgIpc) is 2.96. The second-order valence-electron chi connectivity index (χ2n) is 7.74. The molecule has 0 unspecified atom stereocenters. The van der Waals surface area contributed by atoms with E-state index in [0.717, 1.165) is 37.8 Å². The van der Waals surface area contributed by atoms with Crippen LogP contribution < -0.4 is 15.4 Å². The summed E-state index contributed by atoms with van der Waals surface area (Å²) in [7, 11) is 0. The fourth-order valence-electron chi connectivity index (χ4n) is 3.94. The lowest BCUT2D eigenvalue weighted by Gasteiger charge is -2.26. The number of piperidine rings is 1. The summed E-state index contributed by atoms with van der Waals surface area (Å²) in [6.45, 7) is 8.34. The van der Waals surface area contributed by atoms with E-state index >= 15 is 0 Å². The van der Waals surface area contributed by atoms with Gasteiger partial charge in [0.1, 0.15) is 11.6 Å². The molecule has 3 heterocycles. The van der Waals surface area contributed by atoms with Crippen molar-refractivity contribution < 1.29 is 9.53 Å². The minimum atomic E-state index is 0.0301. The number of nitrogens with two attached hydrogens (primary N) is 1. The van der Waals surface area contributed by atoms with Crippen LogP contribution in [0.15, 0.2) is 0 Å². The van der Waals surface area contributed by atoms with Crippen LogP contribution in [0.4, 0.5) is 11.6 Å². The Morgan fingerprint density at radius 1 is 1.15 bits per heavy atom. The highest BCUT2D eigenvalue weighted by molar-refractivity contribution is 6.01. The molecule has 3 rings (SSSR count). The van der Waals surface area contributed by atoms with Crippen LogP contribution in [0.3, 0.4) is 0 Å². The molecule has 150 valence electrons. The predicted molar refractivity (Wildman–Crippen MR) is 107 cm³/mol. The van der Waals surface area contributed by atoms with Gasteiger partial charge in [-0.1, -0.05) is 19.8 Å². The predicted octanol–water partition coefficient (Wildman–Crippen LogP) is 2.78. The van der Waals surface area contributed by atoms with E-state index in [9.17, 15) is 4.79 Å². The maximum absolute atomic E-state index is 12.5. The fraction of sp³-hybridized carbons (Fsp3) is 0.750. The molecule has 2 aliphatic heterocycles. The Labute approximate surface area is 162 Å². The molecule has 0 saturated carbocycles. The number of carbonyl (C=O) groups is 1. The second kappa shape index (κ2) is 9.35. The van der Waals surface area contributed by atoms with Crippen LogP contribution in [0.2, 0.25) is 0 Å². The van der Waals surface area contributed by atoms with Gasteiger partial charge in [-0.15, -0.1) is 0 Å². The number of aromatic nitrogens is 2. The number of amides is 1. The molecule has 0 aromatic carbocycles. The minimum absolute atomic E-state index is 0.0301. The van der Waals surface area contributed by atoms with Gasteiger partial charge in [0.25, 0.3) is 0 Å². The molecule has 1 saturated heterocycles. The molecular weight excluding hydrogens is 342 g/mol. The van der Waals surface area contributed by atoms with Gasteiger partial charge in [0.15, 0.2) is 0 Å². The third-order valence-corrected chi connectivity index (χ3v) is 5.44. The Kier molecular flexibility index (Phi) is 6.88. The van der Waals surface area contributed by atoms with E-state index in [4.69, 9.17) is 10.5 Å². The zero-order valence-corrected chi connectivity index (χ0v) is 16.7. The Morgan fingerprint density at radius 3 is 2.63 bits per heavy atom. The summed E-state index contributed by atoms with van der Waals surface area (Å²) < 4.78 is 5.80. The summed E-state index contributed by atoms with van der Waals surface area (Å²) in [6, 6.07) is 0.278. The molecule has 7 heteroatoms. The number of fused-ring (bicyclic) bond motifs is 1. The van der Waals surface area contributed by atoms with Crippen LogP contribution in [-0.4, -0.2) is 53.1 Å². The molecule has 1 amide bonds. The molecule has 1 fully saturated rings. The highest BCUT2D eigenvalue weighted by Gasteiger charge is 2.32. The van der Waals surface area contributed by atoms with E-state index in [2.05, 4.69) is 21.8 Å². The largest absolute Gasteiger partial charge is 0.460 e. The molecule has 0 bridgehead atoms. The van der Waals surface area contributed by atoms with Gasteiger partial charge in [0.2, 0.25) is 5.91 Å². The first-order valence-electron chi connectivity index (χ1n) is 10.4. The number of nitrogens with zero attached hydrogens (tertiary/aromatic N) is 4. The number of anilines is 2. The number of ether oxygens (including phenoxy) is 1. The van der Waals surface area contributed by atoms with E-state index in [-0.39, 0.29) is 24.4 Å². The molecule has 1 aromatic rings. The van der Waals surface area contributed by atoms with Crippen molar-refractivity contribution in [3.63, 3.8) is 0 Å². The zero-order chi connectivity index (χ0) is 19.2. The van der Waals surface area contributed by atoms with Gasteiger partial charge in [-0.25, -0.2) is 0 Å². The molecule has 0 spiro atoms. The highest BCUT2D eigenvalue weighted by atomic mass is 16.5. The first kappa shape index (κ1) is 19.9. The van der Waals surface area contributed by atoms with Gasteiger partial charge in [-0.05, 0) is 58.7 Å². The van der Waals surface area contributed by atoms with E-state index in [1.54, 1.807) is 4.90 Å². The van der Waals surface area contributed by atoms with Crippen molar-refractivity contribution in [1.29, 1.82) is 0 Å². The van der Waals surface area contributed by atoms with Gasteiger partial charge < -0.3 is 15.4 Å². The van der Waals surface area contributed by atoms with Gasteiger partial charge in [-0.2, -0.15) is 9.97 Å². The van der Waals surface area contributed by atoms with Gasteiger partial charge >= 0.3 is 6.01 Å². The topological polar surface area (TPSA) is 84.6 Å². The fourth-order valence-corrected chi connectivity index (χ4v) is 3.94. The number of nitrogen functional groups attached to an aromatic ring is 1. The summed E-state index contributed by atoms with van der Waals surface area (Å²) >= 11 is 0. The molecule has 0 aliphatic carbocycles. The lowest BCUT2D eigenvalue weighted by molar-refractivity contribution is -0.117. The van der Waals surface area contributed by atoms with Crippen LogP contribution in [0.5, 0.6) is 6.01 Å². The number of rotatable bonds is 9. The molecule has 0 radical (unpaired) electrons. The Balaban J connectivity index is 1.59. The maximum atomic E-state index is 12.5. The van der Waals surface area contributed by atoms with E-state index in [1.165, 1.54) is 32.4 Å². The number of unbranched alkanes of at least 4 members (excludes halogenated alkanes) is 1. The Bertz CT molecular complexity index is 646. The SMILES string of the molecule is CCC[C@H](C)Oc1nc(N)c2c(n1)N(CCCCN1CCCCC1)C(=O)C2. The minimum Gasteiger partial charge on any atom is -0.460 e. The van der Waals surface area contributed by atoms with Crippen LogP contribution in [0.1, 0.15) is 64.4 Å². The summed E-state index contributed by atoms with van der Waals surface area (Å²) in [5.41, 5.74) is 6.82. The quantitative estimate of drug-likeness (QED) is 0.668. The number of hydrogen-bond donors (Lipinski definition) is 1. The summed E-state index contributed by atoms with van der Waals surface area (Å²) in [4.78, 5) is 25.5. The van der Waals surface area contributed by atoms with Crippen molar-refractivity contribution in [3.05, 3.63) is 5.56 Å². The third kappa shape index (κ3) is 5.09.